The van der Waals surface area contributed by atoms with Gasteiger partial charge in [-0.05, 0) is 62.1 Å². The lowest BCUT2D eigenvalue weighted by Crippen LogP contribution is -1.98. The Labute approximate surface area is 175 Å². The predicted octanol–water partition coefficient (Wildman–Crippen LogP) is 4.69. The molecule has 2 aromatic rings. The van der Waals surface area contributed by atoms with E-state index in [2.05, 4.69) is 9.97 Å². The number of rotatable bonds is 13. The molecule has 0 fully saturated rings. The summed E-state index contributed by atoms with van der Waals surface area (Å²) < 4.78 is 10.6. The molecule has 156 valence electrons. The van der Waals surface area contributed by atoms with Crippen molar-refractivity contribution in [3.63, 3.8) is 0 Å². The first kappa shape index (κ1) is 22.7. The molecule has 2 rings (SSSR count). The van der Waals surface area contributed by atoms with Gasteiger partial charge in [0.2, 0.25) is 6.20 Å². The Morgan fingerprint density at radius 3 is 2.38 bits per heavy atom. The van der Waals surface area contributed by atoms with Crippen LogP contribution in [0, 0.1) is 10.1 Å². The highest BCUT2D eigenvalue weighted by atomic mass is 32.2. The molecule has 0 saturated heterocycles. The van der Waals surface area contributed by atoms with Crippen molar-refractivity contribution in [2.45, 2.75) is 37.9 Å². The fourth-order valence-electron chi connectivity index (χ4n) is 2.93. The summed E-state index contributed by atoms with van der Waals surface area (Å²) in [6.07, 6.45) is 8.63. The second-order valence-electron chi connectivity index (χ2n) is 6.39. The zero-order valence-corrected chi connectivity index (χ0v) is 17.7. The van der Waals surface area contributed by atoms with Crippen LogP contribution in [0.3, 0.4) is 0 Å². The average molecular weight is 418 g/mol. The molecule has 0 unspecified atom stereocenters. The van der Waals surface area contributed by atoms with Crippen LogP contribution < -0.4 is 9.47 Å². The van der Waals surface area contributed by atoms with Gasteiger partial charge in [-0.3, -0.25) is 20.1 Å². The molecule has 0 aliphatic rings. The topological polar surface area (TPSA) is 87.4 Å². The van der Waals surface area contributed by atoms with E-state index in [0.717, 1.165) is 65.4 Å². The molecule has 0 spiro atoms. The molecule has 0 amide bonds. The number of nitrogens with zero attached hydrogens (tertiary/aromatic N) is 3. The Morgan fingerprint density at radius 1 is 1.07 bits per heavy atom. The molecular formula is C21H27N3O4S. The van der Waals surface area contributed by atoms with Gasteiger partial charge in [-0.15, -0.1) is 0 Å². The number of hydrogen-bond donors (Lipinski definition) is 0. The first-order chi connectivity index (χ1) is 14.1. The summed E-state index contributed by atoms with van der Waals surface area (Å²) in [4.78, 5) is 19.3. The van der Waals surface area contributed by atoms with E-state index in [1.54, 1.807) is 38.4 Å². The number of aryl methyl sites for hydroxylation is 1. The molecule has 0 radical (unpaired) electrons. The van der Waals surface area contributed by atoms with E-state index in [0.29, 0.717) is 12.8 Å². The van der Waals surface area contributed by atoms with Gasteiger partial charge in [0, 0.05) is 23.7 Å². The maximum absolute atomic E-state index is 11.0. The Balaban J connectivity index is 1.77. The lowest BCUT2D eigenvalue weighted by atomic mass is 10.0. The number of methoxy groups -OCH3 is 2. The van der Waals surface area contributed by atoms with E-state index < -0.39 is 0 Å². The Bertz CT molecular complexity index is 757. The van der Waals surface area contributed by atoms with Crippen LogP contribution in [0.5, 0.6) is 11.5 Å². The third kappa shape index (κ3) is 8.11. The fraction of sp³-hybridized carbons (Fsp3) is 0.429. The average Bonchev–Trinajstić information content (AvgIpc) is 2.74. The Morgan fingerprint density at radius 2 is 1.72 bits per heavy atom. The van der Waals surface area contributed by atoms with Crippen LogP contribution in [0.1, 0.15) is 37.1 Å². The summed E-state index contributed by atoms with van der Waals surface area (Å²) >= 11 is 1.70. The largest absolute Gasteiger partial charge is 0.495 e. The zero-order valence-electron chi connectivity index (χ0n) is 16.9. The molecule has 29 heavy (non-hydrogen) atoms. The van der Waals surface area contributed by atoms with E-state index in [4.69, 9.17) is 9.47 Å². The van der Waals surface area contributed by atoms with E-state index in [1.807, 2.05) is 24.3 Å². The van der Waals surface area contributed by atoms with Crippen molar-refractivity contribution in [3.8, 4) is 11.5 Å². The van der Waals surface area contributed by atoms with Crippen molar-refractivity contribution >= 4 is 11.8 Å². The third-order valence-electron chi connectivity index (χ3n) is 4.39. The lowest BCUT2D eigenvalue weighted by molar-refractivity contribution is -0.403. The minimum atomic E-state index is -0.358. The van der Waals surface area contributed by atoms with Crippen molar-refractivity contribution in [2.24, 2.45) is 0 Å². The van der Waals surface area contributed by atoms with Gasteiger partial charge in [-0.25, -0.2) is 0 Å². The number of ether oxygens (including phenoxy) is 2. The van der Waals surface area contributed by atoms with Gasteiger partial charge < -0.3 is 9.47 Å². The number of hydrogen-bond acceptors (Lipinski definition) is 7. The van der Waals surface area contributed by atoms with E-state index >= 15 is 0 Å². The van der Waals surface area contributed by atoms with Crippen molar-refractivity contribution in [3.05, 3.63) is 69.9 Å². The second kappa shape index (κ2) is 12.8. The summed E-state index contributed by atoms with van der Waals surface area (Å²) in [5, 5.41) is 11.0. The van der Waals surface area contributed by atoms with Crippen LogP contribution in [-0.4, -0.2) is 34.9 Å². The third-order valence-corrected chi connectivity index (χ3v) is 5.36. The molecule has 7 nitrogen and oxygen atoms in total. The predicted molar refractivity (Wildman–Crippen MR) is 115 cm³/mol. The molecular weight excluding hydrogens is 390 g/mol. The van der Waals surface area contributed by atoms with E-state index in [1.165, 1.54) is 0 Å². The molecule has 2 heterocycles. The number of thioether (sulfide) groups is 1. The standard InChI is InChI=1S/C21H27N3O4S/c1-27-20-9-5-12-22-18(20)8-4-3-7-17(15-24(25)26)11-14-29-16-19-21(28-2)10-6-13-23-19/h5-6,9-10,12-13,15H,3-4,7-8,11,14,16H2,1-2H3/b17-15+. The highest BCUT2D eigenvalue weighted by molar-refractivity contribution is 7.98. The van der Waals surface area contributed by atoms with Crippen LogP contribution >= 0.6 is 11.8 Å². The number of nitro groups is 1. The summed E-state index contributed by atoms with van der Waals surface area (Å²) in [6.45, 7) is 0. The van der Waals surface area contributed by atoms with E-state index in [-0.39, 0.29) is 4.92 Å². The smallest absolute Gasteiger partial charge is 0.233 e. The lowest BCUT2D eigenvalue weighted by Gasteiger charge is -2.09. The Hall–Kier alpha value is -2.61. The minimum absolute atomic E-state index is 0.358. The van der Waals surface area contributed by atoms with E-state index in [9.17, 15) is 10.1 Å². The van der Waals surface area contributed by atoms with Crippen LogP contribution in [0.15, 0.2) is 48.4 Å². The number of pyridine rings is 2. The van der Waals surface area contributed by atoms with Crippen molar-refractivity contribution in [1.29, 1.82) is 0 Å². The van der Waals surface area contributed by atoms with Gasteiger partial charge in [0.1, 0.15) is 11.5 Å². The summed E-state index contributed by atoms with van der Waals surface area (Å²) in [6, 6.07) is 7.47. The van der Waals surface area contributed by atoms with Gasteiger partial charge in [0.15, 0.2) is 0 Å². The summed E-state index contributed by atoms with van der Waals surface area (Å²) in [5.74, 6) is 3.07. The quantitative estimate of drug-likeness (QED) is 0.265. The molecule has 0 N–H and O–H groups in total. The highest BCUT2D eigenvalue weighted by Crippen LogP contribution is 2.23. The van der Waals surface area contributed by atoms with Crippen LogP contribution in [0.25, 0.3) is 0 Å². The maximum Gasteiger partial charge on any atom is 0.233 e. The van der Waals surface area contributed by atoms with Crippen LogP contribution in [0.4, 0.5) is 0 Å². The van der Waals surface area contributed by atoms with Crippen LogP contribution in [0.2, 0.25) is 0 Å². The van der Waals surface area contributed by atoms with Gasteiger partial charge >= 0.3 is 0 Å². The monoisotopic (exact) mass is 417 g/mol. The molecule has 2 aromatic heterocycles. The highest BCUT2D eigenvalue weighted by Gasteiger charge is 2.08. The van der Waals surface area contributed by atoms with Crippen molar-refractivity contribution in [2.75, 3.05) is 20.0 Å². The number of unbranched alkanes of at least 4 members (excludes halogenated alkanes) is 1. The summed E-state index contributed by atoms with van der Waals surface area (Å²) in [5.41, 5.74) is 2.68. The minimum Gasteiger partial charge on any atom is -0.495 e. The van der Waals surface area contributed by atoms with Gasteiger partial charge in [0.25, 0.3) is 0 Å². The molecule has 0 aliphatic carbocycles. The van der Waals surface area contributed by atoms with Crippen molar-refractivity contribution in [1.82, 2.24) is 9.97 Å². The normalized spacial score (nSPS) is 11.3. The first-order valence-electron chi connectivity index (χ1n) is 9.50. The first-order valence-corrected chi connectivity index (χ1v) is 10.7. The van der Waals surface area contributed by atoms with Gasteiger partial charge in [0.05, 0.1) is 30.5 Å². The van der Waals surface area contributed by atoms with Gasteiger partial charge in [-0.1, -0.05) is 0 Å². The summed E-state index contributed by atoms with van der Waals surface area (Å²) in [7, 11) is 3.26. The maximum atomic E-state index is 11.0. The fourth-order valence-corrected chi connectivity index (χ4v) is 3.90. The number of allylic oxidation sites excluding steroid dienone is 1. The van der Waals surface area contributed by atoms with Crippen LogP contribution in [-0.2, 0) is 12.2 Å². The SMILES string of the molecule is COc1cccnc1CCCC/C(=C\[N+](=O)[O-])CCSCc1ncccc1OC. The molecule has 0 aromatic carbocycles. The Kier molecular flexibility index (Phi) is 9.99. The second-order valence-corrected chi connectivity index (χ2v) is 7.49. The molecule has 8 heteroatoms. The van der Waals surface area contributed by atoms with Crippen molar-refractivity contribution < 1.29 is 14.4 Å². The molecule has 0 aliphatic heterocycles. The molecule has 0 atom stereocenters. The molecule has 0 bridgehead atoms. The van der Waals surface area contributed by atoms with Gasteiger partial charge in [-0.2, -0.15) is 11.8 Å². The number of aromatic nitrogens is 2. The zero-order chi connectivity index (χ0) is 20.9. The molecule has 0 saturated carbocycles.